The largest absolute Gasteiger partial charge is 1.00 e. The Balaban J connectivity index is 0. The fourth-order valence-electron chi connectivity index (χ4n) is 3.54. The van der Waals surface area contributed by atoms with Crippen molar-refractivity contribution in [3.8, 4) is 0 Å². The number of piperidine rings is 1. The monoisotopic (exact) mass is 418 g/mol. The third kappa shape index (κ3) is 20.9. The van der Waals surface area contributed by atoms with Crippen LogP contribution in [0, 0.1) is 12.8 Å². The van der Waals surface area contributed by atoms with Crippen molar-refractivity contribution in [3.05, 3.63) is 6.92 Å². The Morgan fingerprint density at radius 1 is 1.00 bits per heavy atom. The maximum atomic E-state index is 11.0. The second kappa shape index (κ2) is 24.9. The van der Waals surface area contributed by atoms with Crippen molar-refractivity contribution in [1.29, 1.82) is 0 Å². The average molecular weight is 419 g/mol. The van der Waals surface area contributed by atoms with Gasteiger partial charge in [0.15, 0.2) is 0 Å². The Hall–Kier alpha value is -0.343. The fourth-order valence-corrected chi connectivity index (χ4v) is 3.54. The van der Waals surface area contributed by atoms with Crippen LogP contribution in [0.1, 0.15) is 96.8 Å². The molecule has 1 N–H and O–H groups in total. The fraction of sp³-hybridized carbons (Fsp3) is 0.875. The molecule has 0 atom stereocenters. The van der Waals surface area contributed by atoms with Gasteiger partial charge in [-0.15, -0.1) is 0 Å². The summed E-state index contributed by atoms with van der Waals surface area (Å²) in [5, 5.41) is 8.81. The molecule has 30 heavy (non-hydrogen) atoms. The first kappa shape index (κ1) is 31.8. The maximum absolute atomic E-state index is 11.0. The van der Waals surface area contributed by atoms with Crippen molar-refractivity contribution in [2.24, 2.45) is 5.92 Å². The zero-order chi connectivity index (χ0) is 21.6. The van der Waals surface area contributed by atoms with Crippen molar-refractivity contribution < 1.29 is 38.3 Å². The molecule has 1 aliphatic heterocycles. The molecule has 1 fully saturated rings. The van der Waals surface area contributed by atoms with E-state index in [0.29, 0.717) is 25.5 Å². The molecule has 0 aromatic heterocycles. The number of nitrogens with zero attached hydrogens (tertiary/aromatic N) is 1. The molecular weight excluding hydrogens is 373 g/mol. The molecular formula is C24H45LiNO4-. The summed E-state index contributed by atoms with van der Waals surface area (Å²) in [5.74, 6) is 0.360. The summed E-state index contributed by atoms with van der Waals surface area (Å²) in [6.45, 7) is 8.59. The van der Waals surface area contributed by atoms with E-state index in [2.05, 4.69) is 18.7 Å². The predicted octanol–water partition coefficient (Wildman–Crippen LogP) is 1.87. The zero-order valence-corrected chi connectivity index (χ0v) is 19.8. The first-order valence-electron chi connectivity index (χ1n) is 11.8. The van der Waals surface area contributed by atoms with E-state index in [-0.39, 0.29) is 31.4 Å². The van der Waals surface area contributed by atoms with Gasteiger partial charge in [0.25, 0.3) is 0 Å². The molecule has 0 radical (unpaired) electrons. The van der Waals surface area contributed by atoms with Gasteiger partial charge in [-0.1, -0.05) is 77.7 Å². The van der Waals surface area contributed by atoms with Gasteiger partial charge in [0.05, 0.1) is 0 Å². The van der Waals surface area contributed by atoms with Gasteiger partial charge >= 0.3 is 24.8 Å². The van der Waals surface area contributed by atoms with Gasteiger partial charge in [0, 0.05) is 13.0 Å². The summed E-state index contributed by atoms with van der Waals surface area (Å²) in [6.07, 6.45) is 18.8. The molecule has 0 amide bonds. The van der Waals surface area contributed by atoms with Crippen LogP contribution < -0.4 is 18.9 Å². The number of esters is 1. The van der Waals surface area contributed by atoms with Crippen molar-refractivity contribution in [2.45, 2.75) is 96.8 Å². The molecule has 0 unspecified atom stereocenters. The standard InChI is InChI=1S/C16H31O2.C8H14NO2.Li/c1-3-5-6-7-8-9-10-11-12-13-14-15-16(17)18-4-2;10-6-5-9-3-1-8(7-11)2-4-9;/h2-15H2,1H3;8,11H,1-5,7H2;/q2*-1;+1. The summed E-state index contributed by atoms with van der Waals surface area (Å²) >= 11 is 0. The molecule has 1 saturated heterocycles. The summed E-state index contributed by atoms with van der Waals surface area (Å²) in [4.78, 5) is 23.1. The van der Waals surface area contributed by atoms with E-state index in [1.165, 1.54) is 57.8 Å². The second-order valence-electron chi connectivity index (χ2n) is 8.05. The zero-order valence-electron chi connectivity index (χ0n) is 19.8. The van der Waals surface area contributed by atoms with Crippen LogP contribution in [0.15, 0.2) is 0 Å². The summed E-state index contributed by atoms with van der Waals surface area (Å²) in [5.41, 5.74) is 0. The maximum Gasteiger partial charge on any atom is 1.00 e. The quantitative estimate of drug-likeness (QED) is 0.179. The van der Waals surface area contributed by atoms with Crippen LogP contribution in [0.4, 0.5) is 0 Å². The summed E-state index contributed by atoms with van der Waals surface area (Å²) < 4.78 is 4.78. The van der Waals surface area contributed by atoms with Gasteiger partial charge in [-0.3, -0.25) is 4.79 Å². The molecule has 0 aromatic rings. The number of ether oxygens (including phenoxy) is 1. The normalized spacial score (nSPS) is 14.4. The molecule has 0 bridgehead atoms. The van der Waals surface area contributed by atoms with E-state index < -0.39 is 0 Å². The number of unbranched alkanes of at least 4 members (excludes halogenated alkanes) is 10. The molecule has 1 rings (SSSR count). The number of rotatable bonds is 16. The van der Waals surface area contributed by atoms with Crippen molar-refractivity contribution in [1.82, 2.24) is 4.90 Å². The first-order chi connectivity index (χ1) is 14.2. The Morgan fingerprint density at radius 3 is 1.93 bits per heavy atom. The molecule has 0 spiro atoms. The van der Waals surface area contributed by atoms with Crippen LogP contribution in [0.2, 0.25) is 0 Å². The van der Waals surface area contributed by atoms with Gasteiger partial charge in [-0.25, -0.2) is 6.29 Å². The number of aliphatic hydroxyl groups is 1. The van der Waals surface area contributed by atoms with Crippen LogP contribution >= 0.6 is 0 Å². The molecule has 0 aliphatic carbocycles. The molecule has 1 aliphatic rings. The van der Waals surface area contributed by atoms with Crippen LogP contribution in [-0.4, -0.2) is 55.1 Å². The van der Waals surface area contributed by atoms with E-state index in [1.54, 1.807) is 0 Å². The molecule has 5 nitrogen and oxygen atoms in total. The minimum Gasteiger partial charge on any atom is -0.541 e. The number of hydrogen-bond donors (Lipinski definition) is 1. The third-order valence-corrected chi connectivity index (χ3v) is 5.50. The molecule has 1 heterocycles. The molecule has 0 aromatic carbocycles. The summed E-state index contributed by atoms with van der Waals surface area (Å²) in [6, 6.07) is 0. The van der Waals surface area contributed by atoms with Crippen LogP contribution in [0.5, 0.6) is 0 Å². The van der Waals surface area contributed by atoms with Gasteiger partial charge in [-0.2, -0.15) is 0 Å². The number of carbonyl (C=O) groups is 1. The van der Waals surface area contributed by atoms with Gasteiger partial charge in [0.1, 0.15) is 0 Å². The number of carbonyl (C=O) groups excluding carboxylic acids is 2. The molecule has 172 valence electrons. The molecule has 6 heteroatoms. The molecule has 0 saturated carbocycles. The Kier molecular flexibility index (Phi) is 26.5. The van der Waals surface area contributed by atoms with Gasteiger partial charge in [-0.05, 0) is 44.9 Å². The number of likely N-dealkylation sites (tertiary alicyclic amines) is 1. The Bertz CT molecular complexity index is 374. The van der Waals surface area contributed by atoms with Crippen molar-refractivity contribution >= 4 is 12.3 Å². The van der Waals surface area contributed by atoms with E-state index in [1.807, 2.05) is 6.29 Å². The second-order valence-corrected chi connectivity index (χ2v) is 8.05. The van der Waals surface area contributed by atoms with Crippen LogP contribution in [0.25, 0.3) is 0 Å². The summed E-state index contributed by atoms with van der Waals surface area (Å²) in [7, 11) is 0. The minimum atomic E-state index is -0.0964. The Labute approximate surface area is 197 Å². The number of aliphatic hydroxyl groups excluding tert-OH is 1. The van der Waals surface area contributed by atoms with E-state index in [4.69, 9.17) is 9.84 Å². The predicted molar refractivity (Wildman–Crippen MR) is 119 cm³/mol. The Morgan fingerprint density at radius 2 is 1.50 bits per heavy atom. The topological polar surface area (TPSA) is 66.8 Å². The van der Waals surface area contributed by atoms with E-state index >= 15 is 0 Å². The van der Waals surface area contributed by atoms with Crippen LogP contribution in [0.3, 0.4) is 0 Å². The van der Waals surface area contributed by atoms with Gasteiger partial charge in [0.2, 0.25) is 0 Å². The first-order valence-corrected chi connectivity index (χ1v) is 11.8. The SMILES string of the molecule is O=[C-]CN1CCC(CO)CC1.[CH2-]COC(=O)CCCCCCCCCCCCC.[Li+]. The van der Waals surface area contributed by atoms with Crippen LogP contribution in [-0.2, 0) is 14.3 Å². The van der Waals surface area contributed by atoms with Crippen molar-refractivity contribution in [2.75, 3.05) is 32.8 Å². The smallest absolute Gasteiger partial charge is 0.541 e. The average Bonchev–Trinajstić information content (AvgIpc) is 2.73. The number of hydrogen-bond acceptors (Lipinski definition) is 5. The van der Waals surface area contributed by atoms with E-state index in [9.17, 15) is 9.59 Å². The van der Waals surface area contributed by atoms with E-state index in [0.717, 1.165) is 38.8 Å². The van der Waals surface area contributed by atoms with Crippen molar-refractivity contribution in [3.63, 3.8) is 0 Å². The third-order valence-electron chi connectivity index (χ3n) is 5.50. The van der Waals surface area contributed by atoms with Gasteiger partial charge < -0.3 is 26.5 Å². The minimum absolute atomic E-state index is 0.